The highest BCUT2D eigenvalue weighted by molar-refractivity contribution is 5.97. The third-order valence-corrected chi connectivity index (χ3v) is 3.45. The predicted molar refractivity (Wildman–Crippen MR) is 88.7 cm³/mol. The molecule has 0 aliphatic carbocycles. The Morgan fingerprint density at radius 3 is 2.15 bits per heavy atom. The second-order valence-corrected chi connectivity index (χ2v) is 5.00. The second-order valence-electron chi connectivity index (χ2n) is 5.00. The van der Waals surface area contributed by atoms with Crippen molar-refractivity contribution in [1.82, 2.24) is 5.43 Å². The molecule has 2 aromatic carbocycles. The molecule has 0 aliphatic rings. The Morgan fingerprint density at radius 2 is 1.58 bits per heavy atom. The fourth-order valence-electron chi connectivity index (χ4n) is 2.15. The summed E-state index contributed by atoms with van der Waals surface area (Å²) >= 11 is 0. The lowest BCUT2D eigenvalue weighted by atomic mass is 10.1. The quantitative estimate of drug-likeness (QED) is 0.583. The number of nitro groups is 3. The van der Waals surface area contributed by atoms with E-state index in [2.05, 4.69) is 10.9 Å². The minimum atomic E-state index is -0.847. The number of amides is 1. The molecule has 2 N–H and O–H groups in total. The van der Waals surface area contributed by atoms with Crippen LogP contribution in [-0.4, -0.2) is 20.7 Å². The van der Waals surface area contributed by atoms with E-state index < -0.39 is 32.1 Å². The maximum Gasteiger partial charge on any atom is 0.300 e. The third-order valence-electron chi connectivity index (χ3n) is 3.45. The molecule has 0 saturated heterocycles. The number of hydrazine groups is 1. The number of benzene rings is 2. The normalized spacial score (nSPS) is 10.0. The molecular formula is C14H11N5O7. The van der Waals surface area contributed by atoms with Gasteiger partial charge >= 0.3 is 5.69 Å². The van der Waals surface area contributed by atoms with Gasteiger partial charge < -0.3 is 0 Å². The Kier molecular flexibility index (Phi) is 5.06. The summed E-state index contributed by atoms with van der Waals surface area (Å²) in [6.45, 7) is 1.39. The van der Waals surface area contributed by atoms with Crippen molar-refractivity contribution >= 4 is 28.7 Å². The van der Waals surface area contributed by atoms with Crippen LogP contribution in [-0.2, 0) is 0 Å². The molecule has 134 valence electrons. The fraction of sp³-hybridized carbons (Fsp3) is 0.0714. The van der Waals surface area contributed by atoms with E-state index in [-0.39, 0.29) is 22.5 Å². The zero-order chi connectivity index (χ0) is 19.4. The van der Waals surface area contributed by atoms with Gasteiger partial charge in [-0.3, -0.25) is 46.0 Å². The SMILES string of the molecule is Cc1c(C(=O)NNc2ccc([N+](=O)[O-])cc2[N+](=O)[O-])cccc1[N+](=O)[O-]. The zero-order valence-corrected chi connectivity index (χ0v) is 13.2. The van der Waals surface area contributed by atoms with Gasteiger partial charge in [-0.15, -0.1) is 0 Å². The summed E-state index contributed by atoms with van der Waals surface area (Å²) in [5.74, 6) is -0.765. The molecular weight excluding hydrogens is 350 g/mol. The topological polar surface area (TPSA) is 171 Å². The molecule has 0 unspecified atom stereocenters. The molecule has 26 heavy (non-hydrogen) atoms. The highest BCUT2D eigenvalue weighted by Crippen LogP contribution is 2.28. The average Bonchev–Trinajstić information content (AvgIpc) is 2.59. The molecule has 0 atom stereocenters. The van der Waals surface area contributed by atoms with E-state index in [4.69, 9.17) is 0 Å². The minimum Gasteiger partial charge on any atom is -0.292 e. The first-order valence-electron chi connectivity index (χ1n) is 6.95. The highest BCUT2D eigenvalue weighted by Gasteiger charge is 2.21. The molecule has 12 heteroatoms. The van der Waals surface area contributed by atoms with Gasteiger partial charge in [0.1, 0.15) is 5.69 Å². The first-order chi connectivity index (χ1) is 12.2. The molecule has 2 rings (SSSR count). The Bertz CT molecular complexity index is 928. The molecule has 0 spiro atoms. The van der Waals surface area contributed by atoms with Crippen molar-refractivity contribution in [2.45, 2.75) is 6.92 Å². The van der Waals surface area contributed by atoms with E-state index in [0.717, 1.165) is 18.2 Å². The van der Waals surface area contributed by atoms with Gasteiger partial charge in [0.05, 0.1) is 26.4 Å². The summed E-state index contributed by atoms with van der Waals surface area (Å²) in [6.07, 6.45) is 0. The number of nitrogens with one attached hydrogen (secondary N) is 2. The average molecular weight is 361 g/mol. The molecule has 1 amide bonds. The number of non-ortho nitro benzene ring substituents is 1. The van der Waals surface area contributed by atoms with Crippen LogP contribution in [0.4, 0.5) is 22.7 Å². The number of hydrogen-bond acceptors (Lipinski definition) is 8. The third kappa shape index (κ3) is 3.69. The van der Waals surface area contributed by atoms with Gasteiger partial charge in [0.25, 0.3) is 17.3 Å². The van der Waals surface area contributed by atoms with Gasteiger partial charge in [-0.1, -0.05) is 6.07 Å². The van der Waals surface area contributed by atoms with Crippen molar-refractivity contribution in [3.63, 3.8) is 0 Å². The molecule has 0 aromatic heterocycles. The van der Waals surface area contributed by atoms with Crippen LogP contribution in [0.15, 0.2) is 36.4 Å². The molecule has 2 aromatic rings. The second kappa shape index (κ2) is 7.21. The highest BCUT2D eigenvalue weighted by atomic mass is 16.6. The Labute approximate surface area is 144 Å². The first kappa shape index (κ1) is 18.3. The summed E-state index contributed by atoms with van der Waals surface area (Å²) in [5, 5.41) is 32.7. The first-order valence-corrected chi connectivity index (χ1v) is 6.95. The van der Waals surface area contributed by atoms with Gasteiger partial charge in [0.15, 0.2) is 0 Å². The van der Waals surface area contributed by atoms with Gasteiger partial charge in [-0.25, -0.2) is 0 Å². The standard InChI is InChI=1S/C14H11N5O7/c1-8-10(3-2-4-12(8)18(23)24)14(20)16-15-11-6-5-9(17(21)22)7-13(11)19(25)26/h2-7,15H,1H3,(H,16,20). The molecule has 12 nitrogen and oxygen atoms in total. The monoisotopic (exact) mass is 361 g/mol. The fourth-order valence-corrected chi connectivity index (χ4v) is 2.15. The van der Waals surface area contributed by atoms with E-state index in [1.165, 1.54) is 25.1 Å². The van der Waals surface area contributed by atoms with Crippen molar-refractivity contribution < 1.29 is 19.6 Å². The number of rotatable bonds is 6. The summed E-state index contributed by atoms with van der Waals surface area (Å²) in [5.41, 5.74) is 3.07. The van der Waals surface area contributed by atoms with Crippen LogP contribution in [0.25, 0.3) is 0 Å². The van der Waals surface area contributed by atoms with Crippen molar-refractivity contribution in [3.8, 4) is 0 Å². The maximum atomic E-state index is 12.2. The van der Waals surface area contributed by atoms with Crippen molar-refractivity contribution in [3.05, 3.63) is 77.9 Å². The van der Waals surface area contributed by atoms with Crippen LogP contribution in [0.3, 0.4) is 0 Å². The Morgan fingerprint density at radius 1 is 0.923 bits per heavy atom. The van der Waals surface area contributed by atoms with E-state index in [1.807, 2.05) is 0 Å². The lowest BCUT2D eigenvalue weighted by Gasteiger charge is -2.10. The van der Waals surface area contributed by atoms with Crippen LogP contribution in [0.1, 0.15) is 15.9 Å². The van der Waals surface area contributed by atoms with Crippen LogP contribution in [0, 0.1) is 37.3 Å². The zero-order valence-electron chi connectivity index (χ0n) is 13.2. The van der Waals surface area contributed by atoms with Crippen molar-refractivity contribution in [2.24, 2.45) is 0 Å². The summed E-state index contributed by atoms with van der Waals surface area (Å²) in [7, 11) is 0. The van der Waals surface area contributed by atoms with Gasteiger partial charge in [-0.2, -0.15) is 0 Å². The Balaban J connectivity index is 2.25. The maximum absolute atomic E-state index is 12.2. The number of anilines is 1. The number of nitro benzene ring substituents is 3. The van der Waals surface area contributed by atoms with Crippen LogP contribution >= 0.6 is 0 Å². The molecule has 0 aliphatic heterocycles. The lowest BCUT2D eigenvalue weighted by molar-refractivity contribution is -0.393. The predicted octanol–water partition coefficient (Wildman–Crippen LogP) is 2.48. The van der Waals surface area contributed by atoms with Gasteiger partial charge in [0.2, 0.25) is 0 Å². The van der Waals surface area contributed by atoms with E-state index in [1.54, 1.807) is 0 Å². The largest absolute Gasteiger partial charge is 0.300 e. The number of carbonyl (C=O) groups excluding carboxylic acids is 1. The lowest BCUT2D eigenvalue weighted by Crippen LogP contribution is -2.30. The van der Waals surface area contributed by atoms with E-state index in [9.17, 15) is 35.1 Å². The summed E-state index contributed by atoms with van der Waals surface area (Å²) in [6, 6.07) is 6.75. The minimum absolute atomic E-state index is 0.00346. The molecule has 0 bridgehead atoms. The number of hydrogen-bond donors (Lipinski definition) is 2. The molecule has 0 radical (unpaired) electrons. The number of nitrogens with zero attached hydrogens (tertiary/aromatic N) is 3. The van der Waals surface area contributed by atoms with Gasteiger partial charge in [-0.05, 0) is 19.1 Å². The molecule has 0 heterocycles. The summed E-state index contributed by atoms with van der Waals surface area (Å²) in [4.78, 5) is 42.6. The van der Waals surface area contributed by atoms with E-state index >= 15 is 0 Å². The van der Waals surface area contributed by atoms with E-state index in [0.29, 0.717) is 0 Å². The smallest absolute Gasteiger partial charge is 0.292 e. The summed E-state index contributed by atoms with van der Waals surface area (Å²) < 4.78 is 0. The van der Waals surface area contributed by atoms with Crippen LogP contribution < -0.4 is 10.9 Å². The number of carbonyl (C=O) groups is 1. The van der Waals surface area contributed by atoms with Crippen molar-refractivity contribution in [2.75, 3.05) is 5.43 Å². The molecule has 0 saturated carbocycles. The Hall–Kier alpha value is -4.09. The van der Waals surface area contributed by atoms with Crippen molar-refractivity contribution in [1.29, 1.82) is 0 Å². The van der Waals surface area contributed by atoms with Gasteiger partial charge in [0, 0.05) is 17.7 Å². The van der Waals surface area contributed by atoms with Crippen LogP contribution in [0.5, 0.6) is 0 Å². The molecule has 0 fully saturated rings. The van der Waals surface area contributed by atoms with Crippen LogP contribution in [0.2, 0.25) is 0 Å².